The van der Waals surface area contributed by atoms with Crippen LogP contribution in [-0.2, 0) is 9.53 Å². The Morgan fingerprint density at radius 1 is 1.82 bits per heavy atom. The van der Waals surface area contributed by atoms with Crippen molar-refractivity contribution < 1.29 is 14.5 Å². The molecule has 6 heteroatoms. The van der Waals surface area contributed by atoms with Crippen LogP contribution < -0.4 is 0 Å². The summed E-state index contributed by atoms with van der Waals surface area (Å²) >= 11 is 2.64. The number of carbonyl (C=O) groups excluding carboxylic acids is 1. The van der Waals surface area contributed by atoms with Gasteiger partial charge in [0.15, 0.2) is 0 Å². The van der Waals surface area contributed by atoms with Gasteiger partial charge in [0.05, 0.1) is 6.61 Å². The maximum atomic E-state index is 10.8. The summed E-state index contributed by atoms with van der Waals surface area (Å²) in [5, 5.41) is 10.2. The topological polar surface area (TPSA) is 69.4 Å². The van der Waals surface area contributed by atoms with Crippen molar-refractivity contribution in [1.29, 1.82) is 0 Å². The molecule has 0 rings (SSSR count). The highest BCUT2D eigenvalue weighted by molar-refractivity contribution is 9.10. The van der Waals surface area contributed by atoms with Gasteiger partial charge in [-0.05, 0) is 6.92 Å². The van der Waals surface area contributed by atoms with Crippen molar-refractivity contribution in [1.82, 2.24) is 0 Å². The lowest BCUT2D eigenvalue weighted by atomic mass is 10.4. The van der Waals surface area contributed by atoms with Crippen molar-refractivity contribution in [2.24, 2.45) is 0 Å². The van der Waals surface area contributed by atoms with Gasteiger partial charge in [-0.2, -0.15) is 0 Å². The number of carbonyl (C=O) groups is 1. The molecule has 1 atom stereocenters. The molecule has 0 aliphatic heterocycles. The summed E-state index contributed by atoms with van der Waals surface area (Å²) in [5.74, 6) is -0.884. The fourth-order valence-corrected chi connectivity index (χ4v) is 0.452. The summed E-state index contributed by atoms with van der Waals surface area (Å²) in [6, 6.07) is 0. The highest BCUT2D eigenvalue weighted by Gasteiger charge is 2.44. The number of hydrogen-bond donors (Lipinski definition) is 0. The van der Waals surface area contributed by atoms with Crippen molar-refractivity contribution in [3.8, 4) is 0 Å². The third-order valence-corrected chi connectivity index (χ3v) is 1.60. The smallest absolute Gasteiger partial charge is 0.396 e. The van der Waals surface area contributed by atoms with Crippen LogP contribution in [0.3, 0.4) is 0 Å². The number of ether oxygens (including phenoxy) is 1. The fourth-order valence-electron chi connectivity index (χ4n) is 0.337. The molecular formula is C5H8BrNO4. The van der Waals surface area contributed by atoms with E-state index in [0.717, 1.165) is 6.92 Å². The molecule has 0 heterocycles. The molecule has 0 amide bonds. The number of nitro groups is 1. The Morgan fingerprint density at radius 2 is 2.27 bits per heavy atom. The zero-order valence-corrected chi connectivity index (χ0v) is 7.75. The number of rotatable bonds is 3. The van der Waals surface area contributed by atoms with Crippen LogP contribution in [0.25, 0.3) is 0 Å². The summed E-state index contributed by atoms with van der Waals surface area (Å²) in [6.45, 7) is 2.85. The third-order valence-electron chi connectivity index (χ3n) is 0.991. The Labute approximate surface area is 72.0 Å². The minimum absolute atomic E-state index is 0.133. The van der Waals surface area contributed by atoms with Crippen molar-refractivity contribution >= 4 is 21.9 Å². The zero-order valence-electron chi connectivity index (χ0n) is 6.17. The van der Waals surface area contributed by atoms with E-state index in [9.17, 15) is 14.9 Å². The number of hydrogen-bond acceptors (Lipinski definition) is 4. The van der Waals surface area contributed by atoms with E-state index in [4.69, 9.17) is 0 Å². The van der Waals surface area contributed by atoms with Crippen LogP contribution in [0.1, 0.15) is 13.8 Å². The summed E-state index contributed by atoms with van der Waals surface area (Å²) < 4.78 is 2.62. The third kappa shape index (κ3) is 2.45. The van der Waals surface area contributed by atoms with Crippen LogP contribution in [0, 0.1) is 10.1 Å². The lowest BCUT2D eigenvalue weighted by molar-refractivity contribution is -0.518. The lowest BCUT2D eigenvalue weighted by Gasteiger charge is -2.10. The highest BCUT2D eigenvalue weighted by atomic mass is 79.9. The van der Waals surface area contributed by atoms with E-state index >= 15 is 0 Å². The molecule has 5 nitrogen and oxygen atoms in total. The minimum atomic E-state index is -1.82. The molecule has 0 saturated heterocycles. The molecule has 0 aliphatic rings. The normalized spacial score (nSPS) is 15.2. The monoisotopic (exact) mass is 225 g/mol. The van der Waals surface area contributed by atoms with Gasteiger partial charge in [0, 0.05) is 27.8 Å². The van der Waals surface area contributed by atoms with E-state index in [1.54, 1.807) is 6.92 Å². The van der Waals surface area contributed by atoms with Crippen LogP contribution >= 0.6 is 15.9 Å². The van der Waals surface area contributed by atoms with Gasteiger partial charge in [0.25, 0.3) is 0 Å². The van der Waals surface area contributed by atoms with E-state index in [2.05, 4.69) is 20.7 Å². The van der Waals surface area contributed by atoms with Crippen molar-refractivity contribution in [2.45, 2.75) is 18.3 Å². The number of alkyl halides is 1. The Hall–Kier alpha value is -0.650. The SMILES string of the molecule is CCOC(=O)C(C)(Br)[N+](=O)[O-]. The minimum Gasteiger partial charge on any atom is -0.460 e. The van der Waals surface area contributed by atoms with Gasteiger partial charge in [0.2, 0.25) is 0 Å². The first-order valence-electron chi connectivity index (χ1n) is 2.93. The second-order valence-corrected chi connectivity index (χ2v) is 3.48. The van der Waals surface area contributed by atoms with Crippen molar-refractivity contribution in [2.75, 3.05) is 6.61 Å². The molecule has 0 N–H and O–H groups in total. The van der Waals surface area contributed by atoms with Gasteiger partial charge in [-0.1, -0.05) is 0 Å². The zero-order chi connectivity index (χ0) is 9.07. The van der Waals surface area contributed by atoms with Gasteiger partial charge >= 0.3 is 10.4 Å². The quantitative estimate of drug-likeness (QED) is 0.236. The molecule has 0 fully saturated rings. The summed E-state index contributed by atoms with van der Waals surface area (Å²) in [4.78, 5) is 20.2. The van der Waals surface area contributed by atoms with Gasteiger partial charge in [-0.15, -0.1) is 0 Å². The van der Waals surface area contributed by atoms with Crippen LogP contribution in [0.4, 0.5) is 0 Å². The fraction of sp³-hybridized carbons (Fsp3) is 0.800. The Kier molecular flexibility index (Phi) is 3.44. The highest BCUT2D eigenvalue weighted by Crippen LogP contribution is 2.19. The molecule has 0 bridgehead atoms. The molecule has 0 aromatic heterocycles. The first-order chi connectivity index (χ1) is 4.92. The summed E-state index contributed by atoms with van der Waals surface area (Å²) in [7, 11) is 0. The average Bonchev–Trinajstić information content (AvgIpc) is 1.88. The van der Waals surface area contributed by atoms with Gasteiger partial charge in [0.1, 0.15) is 0 Å². The Morgan fingerprint density at radius 3 is 2.55 bits per heavy atom. The molecule has 0 aromatic carbocycles. The second kappa shape index (κ2) is 3.66. The van der Waals surface area contributed by atoms with E-state index in [1.807, 2.05) is 0 Å². The Bertz CT molecular complexity index is 179. The van der Waals surface area contributed by atoms with Gasteiger partial charge < -0.3 is 4.74 Å². The lowest BCUT2D eigenvalue weighted by Crippen LogP contribution is -2.38. The molecular weight excluding hydrogens is 218 g/mol. The molecule has 64 valence electrons. The Balaban J connectivity index is 4.30. The second-order valence-electron chi connectivity index (χ2n) is 1.93. The number of halogens is 1. The van der Waals surface area contributed by atoms with E-state index in [0.29, 0.717) is 0 Å². The number of nitrogens with zero attached hydrogens (tertiary/aromatic N) is 1. The largest absolute Gasteiger partial charge is 0.460 e. The van der Waals surface area contributed by atoms with Crippen LogP contribution in [-0.4, -0.2) is 21.9 Å². The van der Waals surface area contributed by atoms with Crippen molar-refractivity contribution in [3.63, 3.8) is 0 Å². The van der Waals surface area contributed by atoms with Crippen LogP contribution in [0.2, 0.25) is 0 Å². The molecule has 0 radical (unpaired) electrons. The molecule has 0 aromatic rings. The number of esters is 1. The van der Waals surface area contributed by atoms with Crippen molar-refractivity contribution in [3.05, 3.63) is 10.1 Å². The van der Waals surface area contributed by atoms with E-state index in [1.165, 1.54) is 0 Å². The molecule has 1 unspecified atom stereocenters. The standard InChI is InChI=1S/C5H8BrNO4/c1-3-11-4(8)5(2,6)7(9)10/h3H2,1-2H3. The summed E-state index contributed by atoms with van der Waals surface area (Å²) in [5.41, 5.74) is 0. The molecule has 0 saturated carbocycles. The molecule has 0 spiro atoms. The van der Waals surface area contributed by atoms with Crippen LogP contribution in [0.15, 0.2) is 0 Å². The maximum absolute atomic E-state index is 10.8. The first-order valence-corrected chi connectivity index (χ1v) is 3.72. The first kappa shape index (κ1) is 10.3. The van der Waals surface area contributed by atoms with Gasteiger partial charge in [-0.25, -0.2) is 4.79 Å². The maximum Gasteiger partial charge on any atom is 0.396 e. The molecule has 11 heavy (non-hydrogen) atoms. The van der Waals surface area contributed by atoms with E-state index < -0.39 is 15.3 Å². The average molecular weight is 226 g/mol. The molecule has 0 aliphatic carbocycles. The predicted molar refractivity (Wildman–Crippen MR) is 41.0 cm³/mol. The van der Waals surface area contributed by atoms with Gasteiger partial charge in [-0.3, -0.25) is 10.1 Å². The summed E-state index contributed by atoms with van der Waals surface area (Å²) in [6.07, 6.45) is 0. The van der Waals surface area contributed by atoms with E-state index in [-0.39, 0.29) is 6.61 Å². The van der Waals surface area contributed by atoms with Crippen LogP contribution in [0.5, 0.6) is 0 Å². The predicted octanol–water partition coefficient (Wildman–Crippen LogP) is 0.937.